The average molecular weight is 402 g/mol. The summed E-state index contributed by atoms with van der Waals surface area (Å²) < 4.78 is 2.05. The molecule has 0 radical (unpaired) electrons. The van der Waals surface area contributed by atoms with Gasteiger partial charge in [0, 0.05) is 17.0 Å². The molecule has 2 aromatic heterocycles. The Hall–Kier alpha value is -2.19. The van der Waals surface area contributed by atoms with E-state index in [4.69, 9.17) is 0 Å². The lowest BCUT2D eigenvalue weighted by Gasteiger charge is -2.12. The number of aryl methyl sites for hydroxylation is 3. The molecular weight excluding hydrogens is 378 g/mol. The summed E-state index contributed by atoms with van der Waals surface area (Å²) in [6, 6.07) is 8.11. The molecule has 0 aliphatic rings. The van der Waals surface area contributed by atoms with Gasteiger partial charge in [-0.2, -0.15) is 0 Å². The maximum atomic E-state index is 12.5. The second-order valence-electron chi connectivity index (χ2n) is 6.28. The van der Waals surface area contributed by atoms with Crippen molar-refractivity contribution in [2.75, 3.05) is 5.32 Å². The van der Waals surface area contributed by atoms with Gasteiger partial charge in [0.25, 0.3) is 0 Å². The number of nitrogens with zero attached hydrogens (tertiary/aromatic N) is 4. The number of nitrogens with one attached hydrogen (secondary N) is 1. The molecule has 142 valence electrons. The van der Waals surface area contributed by atoms with Crippen LogP contribution in [0.2, 0.25) is 0 Å². The van der Waals surface area contributed by atoms with Crippen molar-refractivity contribution in [2.24, 2.45) is 0 Å². The van der Waals surface area contributed by atoms with Crippen molar-refractivity contribution in [2.45, 2.75) is 51.6 Å². The van der Waals surface area contributed by atoms with Gasteiger partial charge in [0.15, 0.2) is 16.1 Å². The highest BCUT2D eigenvalue weighted by atomic mass is 32.2. The van der Waals surface area contributed by atoms with E-state index in [0.717, 1.165) is 39.2 Å². The molecule has 1 amide bonds. The number of anilines is 1. The minimum Gasteiger partial charge on any atom is -0.302 e. The molecule has 3 aromatic rings. The van der Waals surface area contributed by atoms with E-state index < -0.39 is 0 Å². The van der Waals surface area contributed by atoms with E-state index in [-0.39, 0.29) is 11.2 Å². The van der Waals surface area contributed by atoms with Gasteiger partial charge in [0.2, 0.25) is 5.91 Å². The summed E-state index contributed by atoms with van der Waals surface area (Å²) in [5.41, 5.74) is 3.16. The Bertz CT molecular complexity index is 943. The van der Waals surface area contributed by atoms with Gasteiger partial charge in [-0.05, 0) is 40.2 Å². The first kappa shape index (κ1) is 19.6. The third kappa shape index (κ3) is 4.22. The van der Waals surface area contributed by atoms with Crippen LogP contribution in [0, 0.1) is 20.8 Å². The summed E-state index contributed by atoms with van der Waals surface area (Å²) in [6.07, 6.45) is 0. The van der Waals surface area contributed by atoms with Gasteiger partial charge in [-0.25, -0.2) is 4.98 Å². The summed E-state index contributed by atoms with van der Waals surface area (Å²) in [6.45, 7) is 10.7. The smallest absolute Gasteiger partial charge is 0.239 e. The van der Waals surface area contributed by atoms with Crippen LogP contribution in [0.25, 0.3) is 11.4 Å². The molecule has 0 fully saturated rings. The number of hydrogen-bond acceptors (Lipinski definition) is 6. The minimum atomic E-state index is -0.311. The van der Waals surface area contributed by atoms with E-state index >= 15 is 0 Å². The highest BCUT2D eigenvalue weighted by Crippen LogP contribution is 2.29. The topological polar surface area (TPSA) is 72.7 Å². The maximum absolute atomic E-state index is 12.5. The standard InChI is InChI=1S/C19H23N5OS2/c1-6-24-16(15-10-8-7-9-11(15)2)22-23-19(24)27-14(5)17(25)21-18-20-12(3)13(4)26-18/h7-10,14H,6H2,1-5H3,(H,20,21,25)/t14-/m0/s1. The molecule has 1 N–H and O–H groups in total. The monoisotopic (exact) mass is 401 g/mol. The maximum Gasteiger partial charge on any atom is 0.239 e. The molecule has 27 heavy (non-hydrogen) atoms. The molecule has 1 atom stereocenters. The lowest BCUT2D eigenvalue weighted by molar-refractivity contribution is -0.115. The normalized spacial score (nSPS) is 12.2. The molecule has 3 rings (SSSR count). The van der Waals surface area contributed by atoms with Crippen LogP contribution < -0.4 is 5.32 Å². The molecule has 0 spiro atoms. The first-order valence-corrected chi connectivity index (χ1v) is 10.5. The highest BCUT2D eigenvalue weighted by molar-refractivity contribution is 8.00. The molecule has 8 heteroatoms. The molecule has 0 saturated heterocycles. The van der Waals surface area contributed by atoms with Crippen LogP contribution >= 0.6 is 23.1 Å². The first-order valence-electron chi connectivity index (χ1n) is 8.81. The lowest BCUT2D eigenvalue weighted by Crippen LogP contribution is -2.22. The fourth-order valence-electron chi connectivity index (χ4n) is 2.63. The summed E-state index contributed by atoms with van der Waals surface area (Å²) in [5, 5.41) is 12.7. The number of amides is 1. The Morgan fingerprint density at radius 1 is 1.26 bits per heavy atom. The summed E-state index contributed by atoms with van der Waals surface area (Å²) >= 11 is 2.90. The Labute approximate surface area is 167 Å². The number of hydrogen-bond donors (Lipinski definition) is 1. The first-order chi connectivity index (χ1) is 12.9. The summed E-state index contributed by atoms with van der Waals surface area (Å²) in [4.78, 5) is 18.0. The molecule has 0 saturated carbocycles. The van der Waals surface area contributed by atoms with Crippen molar-refractivity contribution in [3.05, 3.63) is 40.4 Å². The molecular formula is C19H23N5OS2. The van der Waals surface area contributed by atoms with Crippen molar-refractivity contribution >= 4 is 34.1 Å². The van der Waals surface area contributed by atoms with Crippen LogP contribution in [-0.4, -0.2) is 30.9 Å². The fraction of sp³-hybridized carbons (Fsp3) is 0.368. The zero-order chi connectivity index (χ0) is 19.6. The zero-order valence-corrected chi connectivity index (χ0v) is 17.7. The number of benzene rings is 1. The minimum absolute atomic E-state index is 0.0863. The van der Waals surface area contributed by atoms with E-state index in [1.807, 2.05) is 39.0 Å². The average Bonchev–Trinajstić information content (AvgIpc) is 3.17. The second-order valence-corrected chi connectivity index (χ2v) is 8.79. The predicted octanol–water partition coefficient (Wildman–Crippen LogP) is 4.47. The highest BCUT2D eigenvalue weighted by Gasteiger charge is 2.21. The van der Waals surface area contributed by atoms with Crippen molar-refractivity contribution in [1.29, 1.82) is 0 Å². The molecule has 0 aliphatic carbocycles. The van der Waals surface area contributed by atoms with Crippen LogP contribution in [0.1, 0.15) is 30.0 Å². The predicted molar refractivity (Wildman–Crippen MR) is 111 cm³/mol. The third-order valence-electron chi connectivity index (χ3n) is 4.33. The Morgan fingerprint density at radius 2 is 2.00 bits per heavy atom. The number of thioether (sulfide) groups is 1. The van der Waals surface area contributed by atoms with E-state index in [0.29, 0.717) is 5.13 Å². The largest absolute Gasteiger partial charge is 0.302 e. The van der Waals surface area contributed by atoms with Crippen molar-refractivity contribution in [3.63, 3.8) is 0 Å². The SMILES string of the molecule is CCn1c(S[C@@H](C)C(=O)Nc2nc(C)c(C)s2)nnc1-c1ccccc1C. The van der Waals surface area contributed by atoms with Gasteiger partial charge in [-0.3, -0.25) is 4.79 Å². The fourth-order valence-corrected chi connectivity index (χ4v) is 4.36. The van der Waals surface area contributed by atoms with Crippen molar-refractivity contribution in [1.82, 2.24) is 19.7 Å². The van der Waals surface area contributed by atoms with Crippen molar-refractivity contribution < 1.29 is 4.79 Å². The zero-order valence-electron chi connectivity index (χ0n) is 16.1. The molecule has 0 unspecified atom stereocenters. The molecule has 2 heterocycles. The van der Waals surface area contributed by atoms with Crippen LogP contribution in [0.3, 0.4) is 0 Å². The molecule has 1 aromatic carbocycles. The van der Waals surface area contributed by atoms with Gasteiger partial charge < -0.3 is 9.88 Å². The van der Waals surface area contributed by atoms with Crippen LogP contribution in [0.4, 0.5) is 5.13 Å². The Morgan fingerprint density at radius 3 is 2.63 bits per heavy atom. The van der Waals surface area contributed by atoms with Crippen LogP contribution in [0.15, 0.2) is 29.4 Å². The molecule has 0 bridgehead atoms. The summed E-state index contributed by atoms with van der Waals surface area (Å²) in [5.74, 6) is 0.744. The van der Waals surface area contributed by atoms with Crippen molar-refractivity contribution in [3.8, 4) is 11.4 Å². The van der Waals surface area contributed by atoms with Gasteiger partial charge in [0.1, 0.15) is 0 Å². The Balaban J connectivity index is 1.77. The van der Waals surface area contributed by atoms with Gasteiger partial charge in [-0.1, -0.05) is 36.0 Å². The van der Waals surface area contributed by atoms with E-state index in [1.54, 1.807) is 0 Å². The van der Waals surface area contributed by atoms with Crippen LogP contribution in [0.5, 0.6) is 0 Å². The van der Waals surface area contributed by atoms with Crippen LogP contribution in [-0.2, 0) is 11.3 Å². The number of rotatable bonds is 6. The number of thiazole rings is 1. The van der Waals surface area contributed by atoms with E-state index in [1.165, 1.54) is 23.1 Å². The molecule has 6 nitrogen and oxygen atoms in total. The lowest BCUT2D eigenvalue weighted by atomic mass is 10.1. The van der Waals surface area contributed by atoms with Gasteiger partial charge in [-0.15, -0.1) is 21.5 Å². The number of carbonyl (C=O) groups excluding carboxylic acids is 1. The molecule has 0 aliphatic heterocycles. The summed E-state index contributed by atoms with van der Waals surface area (Å²) in [7, 11) is 0. The second kappa shape index (κ2) is 8.22. The van der Waals surface area contributed by atoms with E-state index in [9.17, 15) is 4.79 Å². The van der Waals surface area contributed by atoms with Gasteiger partial charge in [0.05, 0.1) is 10.9 Å². The third-order valence-corrected chi connectivity index (χ3v) is 6.40. The quantitative estimate of drug-likeness (QED) is 0.617. The number of carbonyl (C=O) groups is 1. The Kier molecular flexibility index (Phi) is 5.96. The number of aromatic nitrogens is 4. The van der Waals surface area contributed by atoms with E-state index in [2.05, 4.69) is 45.0 Å². The van der Waals surface area contributed by atoms with Gasteiger partial charge >= 0.3 is 0 Å².